The lowest BCUT2D eigenvalue weighted by Crippen LogP contribution is -1.91. The number of imidazole rings is 1. The van der Waals surface area contributed by atoms with Crippen LogP contribution in [0.25, 0.3) is 58.3 Å². The van der Waals surface area contributed by atoms with Crippen LogP contribution in [0, 0.1) is 0 Å². The molecule has 3 aromatic heterocycles. The monoisotopic (exact) mass is 374 g/mol. The summed E-state index contributed by atoms with van der Waals surface area (Å²) in [6, 6.07) is 26.4. The van der Waals surface area contributed by atoms with E-state index in [9.17, 15) is 0 Å². The summed E-state index contributed by atoms with van der Waals surface area (Å²) in [5.41, 5.74) is 2.28. The van der Waals surface area contributed by atoms with Gasteiger partial charge in [-0.2, -0.15) is 0 Å². The third kappa shape index (κ3) is 1.75. The fourth-order valence-corrected chi connectivity index (χ4v) is 5.71. The van der Waals surface area contributed by atoms with E-state index in [-0.39, 0.29) is 0 Å². The van der Waals surface area contributed by atoms with Gasteiger partial charge in [-0.3, -0.25) is 4.40 Å². The van der Waals surface area contributed by atoms with Gasteiger partial charge in [0.2, 0.25) is 0 Å². The number of pyridine rings is 1. The van der Waals surface area contributed by atoms with E-state index in [1.807, 2.05) is 17.5 Å². The molecule has 0 aliphatic rings. The fourth-order valence-electron chi connectivity index (χ4n) is 4.60. The van der Waals surface area contributed by atoms with Gasteiger partial charge in [0.05, 0.1) is 5.52 Å². The lowest BCUT2D eigenvalue weighted by atomic mass is 9.99. The lowest BCUT2D eigenvalue weighted by Gasteiger charge is -2.11. The van der Waals surface area contributed by atoms with Gasteiger partial charge < -0.3 is 0 Å². The van der Waals surface area contributed by atoms with Crippen molar-refractivity contribution in [2.45, 2.75) is 0 Å². The Morgan fingerprint density at radius 3 is 2.36 bits per heavy atom. The van der Waals surface area contributed by atoms with E-state index in [2.05, 4.69) is 83.4 Å². The summed E-state index contributed by atoms with van der Waals surface area (Å²) in [7, 11) is 0. The Kier molecular flexibility index (Phi) is 2.65. The van der Waals surface area contributed by atoms with Crippen LogP contribution in [0.2, 0.25) is 0 Å². The average Bonchev–Trinajstić information content (AvgIpc) is 3.37. The molecule has 0 unspecified atom stereocenters. The Morgan fingerprint density at radius 1 is 0.679 bits per heavy atom. The highest BCUT2D eigenvalue weighted by Crippen LogP contribution is 2.41. The molecule has 3 heteroatoms. The quantitative estimate of drug-likeness (QED) is 0.203. The standard InChI is InChI=1S/C25H14N2S/c1-2-6-16-14-20-19(13-15(16)5-1)17-9-10-22-23(18-7-3-4-8-21(18)28-22)24(17)27-12-11-26-25(20)27/h1-14H. The smallest absolute Gasteiger partial charge is 0.145 e. The van der Waals surface area contributed by atoms with Crippen molar-refractivity contribution in [3.05, 3.63) is 85.2 Å². The third-order valence-corrected chi connectivity index (χ3v) is 6.95. The van der Waals surface area contributed by atoms with E-state index in [1.54, 1.807) is 0 Å². The van der Waals surface area contributed by atoms with Crippen LogP contribution in [0.5, 0.6) is 0 Å². The van der Waals surface area contributed by atoms with Gasteiger partial charge in [-0.15, -0.1) is 11.3 Å². The van der Waals surface area contributed by atoms with Crippen LogP contribution < -0.4 is 0 Å². The Balaban J connectivity index is 1.85. The molecule has 7 aromatic rings. The number of hydrogen-bond acceptors (Lipinski definition) is 2. The number of hydrogen-bond donors (Lipinski definition) is 0. The lowest BCUT2D eigenvalue weighted by molar-refractivity contribution is 1.28. The molecule has 0 aliphatic heterocycles. The van der Waals surface area contributed by atoms with Gasteiger partial charge in [0.25, 0.3) is 0 Å². The van der Waals surface area contributed by atoms with Gasteiger partial charge in [-0.1, -0.05) is 48.5 Å². The van der Waals surface area contributed by atoms with Crippen LogP contribution >= 0.6 is 11.3 Å². The first-order valence-corrected chi connectivity index (χ1v) is 10.2. The summed E-state index contributed by atoms with van der Waals surface area (Å²) in [5.74, 6) is 0. The maximum Gasteiger partial charge on any atom is 0.145 e. The second kappa shape index (κ2) is 5.09. The summed E-state index contributed by atoms with van der Waals surface area (Å²) in [6.45, 7) is 0. The highest BCUT2D eigenvalue weighted by atomic mass is 32.1. The van der Waals surface area contributed by atoms with Crippen LogP contribution in [0.15, 0.2) is 85.2 Å². The molecule has 0 saturated heterocycles. The van der Waals surface area contributed by atoms with E-state index in [0.717, 1.165) is 5.65 Å². The van der Waals surface area contributed by atoms with Crippen molar-refractivity contribution in [3.8, 4) is 0 Å². The van der Waals surface area contributed by atoms with Crippen LogP contribution in [-0.4, -0.2) is 9.38 Å². The summed E-state index contributed by atoms with van der Waals surface area (Å²) >= 11 is 1.86. The minimum absolute atomic E-state index is 1.02. The number of rotatable bonds is 0. The van der Waals surface area contributed by atoms with Gasteiger partial charge in [-0.25, -0.2) is 4.98 Å². The minimum atomic E-state index is 1.02. The molecule has 28 heavy (non-hydrogen) atoms. The number of benzene rings is 4. The first-order valence-electron chi connectivity index (χ1n) is 9.40. The molecule has 2 nitrogen and oxygen atoms in total. The van der Waals surface area contributed by atoms with E-state index >= 15 is 0 Å². The van der Waals surface area contributed by atoms with Crippen molar-refractivity contribution in [3.63, 3.8) is 0 Å². The van der Waals surface area contributed by atoms with Crippen LogP contribution in [0.1, 0.15) is 0 Å². The molecule has 0 N–H and O–H groups in total. The highest BCUT2D eigenvalue weighted by Gasteiger charge is 2.15. The molecule has 0 aliphatic carbocycles. The third-order valence-electron chi connectivity index (χ3n) is 5.81. The largest absolute Gasteiger partial charge is 0.298 e. The first-order chi connectivity index (χ1) is 13.9. The van der Waals surface area contributed by atoms with Gasteiger partial charge >= 0.3 is 0 Å². The zero-order chi connectivity index (χ0) is 18.2. The van der Waals surface area contributed by atoms with E-state index in [0.29, 0.717) is 0 Å². The van der Waals surface area contributed by atoms with Gasteiger partial charge in [0.1, 0.15) is 5.65 Å². The molecule has 3 heterocycles. The molecule has 7 rings (SSSR count). The maximum absolute atomic E-state index is 4.74. The molecular formula is C25H14N2S. The number of thiophene rings is 1. The number of aromatic nitrogens is 2. The molecule has 0 radical (unpaired) electrons. The van der Waals surface area contributed by atoms with Crippen LogP contribution in [-0.2, 0) is 0 Å². The normalized spacial score (nSPS) is 12.3. The van der Waals surface area contributed by atoms with Crippen LogP contribution in [0.3, 0.4) is 0 Å². The number of nitrogens with zero attached hydrogens (tertiary/aromatic N) is 2. The second-order valence-electron chi connectivity index (χ2n) is 7.30. The van der Waals surface area contributed by atoms with Gasteiger partial charge in [0, 0.05) is 43.3 Å². The van der Waals surface area contributed by atoms with Gasteiger partial charge in [0.15, 0.2) is 0 Å². The van der Waals surface area contributed by atoms with E-state index < -0.39 is 0 Å². The summed E-state index contributed by atoms with van der Waals surface area (Å²) in [4.78, 5) is 4.74. The van der Waals surface area contributed by atoms with Crippen molar-refractivity contribution >= 4 is 69.6 Å². The Bertz CT molecular complexity index is 1720. The molecule has 0 fully saturated rings. The molecule has 0 saturated carbocycles. The van der Waals surface area contributed by atoms with Crippen molar-refractivity contribution in [1.29, 1.82) is 0 Å². The summed E-state index contributed by atoms with van der Waals surface area (Å²) < 4.78 is 4.93. The van der Waals surface area contributed by atoms with Gasteiger partial charge in [-0.05, 0) is 40.4 Å². The van der Waals surface area contributed by atoms with Crippen molar-refractivity contribution in [1.82, 2.24) is 9.38 Å². The summed E-state index contributed by atoms with van der Waals surface area (Å²) in [6.07, 6.45) is 4.01. The SMILES string of the molecule is c1ccc2cc3c(cc2c1)c1ccc2sc4ccccc4c2c1n1ccnc31. The molecule has 0 amide bonds. The topological polar surface area (TPSA) is 17.3 Å². The fraction of sp³-hybridized carbons (Fsp3) is 0. The Hall–Kier alpha value is -3.43. The second-order valence-corrected chi connectivity index (χ2v) is 8.38. The van der Waals surface area contributed by atoms with Crippen molar-refractivity contribution in [2.24, 2.45) is 0 Å². The maximum atomic E-state index is 4.74. The van der Waals surface area contributed by atoms with Crippen molar-refractivity contribution in [2.75, 3.05) is 0 Å². The first kappa shape index (κ1) is 14.6. The number of fused-ring (bicyclic) bond motifs is 11. The zero-order valence-electron chi connectivity index (χ0n) is 14.9. The van der Waals surface area contributed by atoms with Crippen LogP contribution in [0.4, 0.5) is 0 Å². The molecule has 0 atom stereocenters. The molecule has 0 spiro atoms. The predicted octanol–water partition coefficient (Wildman–Crippen LogP) is 7.16. The Morgan fingerprint density at radius 2 is 1.46 bits per heavy atom. The minimum Gasteiger partial charge on any atom is -0.298 e. The zero-order valence-corrected chi connectivity index (χ0v) is 15.7. The predicted molar refractivity (Wildman–Crippen MR) is 121 cm³/mol. The molecule has 0 bridgehead atoms. The summed E-state index contributed by atoms with van der Waals surface area (Å²) in [5, 5.41) is 8.92. The molecular weight excluding hydrogens is 360 g/mol. The average molecular weight is 374 g/mol. The van der Waals surface area contributed by atoms with E-state index in [1.165, 1.54) is 52.6 Å². The Labute approximate surface area is 164 Å². The molecule has 130 valence electrons. The van der Waals surface area contributed by atoms with E-state index in [4.69, 9.17) is 4.98 Å². The van der Waals surface area contributed by atoms with Crippen molar-refractivity contribution < 1.29 is 0 Å². The molecule has 4 aromatic carbocycles. The highest BCUT2D eigenvalue weighted by molar-refractivity contribution is 7.26.